The first-order valence-electron chi connectivity index (χ1n) is 6.93. The molecule has 7 heteroatoms. The van der Waals surface area contributed by atoms with Crippen molar-refractivity contribution in [1.29, 1.82) is 0 Å². The van der Waals surface area contributed by atoms with Gasteiger partial charge in [0.15, 0.2) is 0 Å². The first-order valence-corrected chi connectivity index (χ1v) is 8.01. The number of aromatic nitrogens is 1. The Hall–Kier alpha value is -1.45. The smallest absolute Gasteiger partial charge is 0.341 e. The van der Waals surface area contributed by atoms with Crippen LogP contribution < -0.4 is 5.43 Å². The van der Waals surface area contributed by atoms with Crippen LogP contribution in [0.1, 0.15) is 15.9 Å². The summed E-state index contributed by atoms with van der Waals surface area (Å²) in [4.78, 5) is 28.6. The number of nitrogens with zero attached hydrogens (tertiary/aromatic N) is 1. The van der Waals surface area contributed by atoms with Crippen molar-refractivity contribution in [1.82, 2.24) is 9.88 Å². The minimum absolute atomic E-state index is 0.230. The van der Waals surface area contributed by atoms with Crippen LogP contribution in [0.15, 0.2) is 23.1 Å². The third-order valence-corrected chi connectivity index (χ3v) is 4.59. The number of aromatic amines is 1. The average molecular weight is 414 g/mol. The first-order chi connectivity index (χ1) is 10.6. The van der Waals surface area contributed by atoms with Gasteiger partial charge < -0.3 is 14.8 Å². The minimum Gasteiger partial charge on any atom is -0.477 e. The molecule has 0 unspecified atom stereocenters. The highest BCUT2D eigenvalue weighted by molar-refractivity contribution is 14.1. The molecule has 0 saturated carbocycles. The van der Waals surface area contributed by atoms with E-state index in [9.17, 15) is 9.59 Å². The van der Waals surface area contributed by atoms with E-state index in [4.69, 9.17) is 9.84 Å². The average Bonchev–Trinajstić information content (AvgIpc) is 2.49. The van der Waals surface area contributed by atoms with Gasteiger partial charge in [0.25, 0.3) is 0 Å². The SMILES string of the molecule is O=C(O)c1c[nH]c2c(I)cc(CN3CCOCC3)cc2c1=O. The summed E-state index contributed by atoms with van der Waals surface area (Å²) in [6, 6.07) is 3.81. The summed E-state index contributed by atoms with van der Waals surface area (Å²) >= 11 is 2.16. The number of carboxylic acid groups (broad SMARTS) is 1. The van der Waals surface area contributed by atoms with Gasteiger partial charge in [0, 0.05) is 34.8 Å². The molecule has 22 heavy (non-hydrogen) atoms. The molecule has 6 nitrogen and oxygen atoms in total. The molecule has 2 heterocycles. The monoisotopic (exact) mass is 414 g/mol. The number of H-pyrrole nitrogens is 1. The van der Waals surface area contributed by atoms with Crippen molar-refractivity contribution in [2.75, 3.05) is 26.3 Å². The van der Waals surface area contributed by atoms with E-state index in [1.165, 1.54) is 6.20 Å². The molecule has 0 bridgehead atoms. The second kappa shape index (κ2) is 6.35. The van der Waals surface area contributed by atoms with Crippen LogP contribution >= 0.6 is 22.6 Å². The Labute approximate surface area is 140 Å². The zero-order valence-electron chi connectivity index (χ0n) is 11.8. The molecule has 1 aliphatic rings. The first kappa shape index (κ1) is 15.4. The van der Waals surface area contributed by atoms with E-state index in [1.54, 1.807) is 6.07 Å². The standard InChI is InChI=1S/C15H15IN2O4/c16-12-6-9(8-18-1-3-22-4-2-18)5-10-13(12)17-7-11(14(10)19)15(20)21/h5-7H,1-4,8H2,(H,17,19)(H,20,21). The minimum atomic E-state index is -1.21. The maximum Gasteiger partial charge on any atom is 0.341 e. The fraction of sp³-hybridized carbons (Fsp3) is 0.333. The van der Waals surface area contributed by atoms with E-state index in [2.05, 4.69) is 32.5 Å². The highest BCUT2D eigenvalue weighted by atomic mass is 127. The summed E-state index contributed by atoms with van der Waals surface area (Å²) in [5.41, 5.74) is 1.02. The third kappa shape index (κ3) is 3.01. The van der Waals surface area contributed by atoms with Crippen molar-refractivity contribution in [3.8, 4) is 0 Å². The lowest BCUT2D eigenvalue weighted by atomic mass is 10.1. The van der Waals surface area contributed by atoms with Gasteiger partial charge in [-0.05, 0) is 40.3 Å². The Kier molecular flexibility index (Phi) is 4.46. The molecule has 0 amide bonds. The van der Waals surface area contributed by atoms with Crippen molar-refractivity contribution in [3.05, 3.63) is 43.2 Å². The highest BCUT2D eigenvalue weighted by Gasteiger charge is 2.16. The summed E-state index contributed by atoms with van der Waals surface area (Å²) in [6.07, 6.45) is 1.26. The predicted octanol–water partition coefficient (Wildman–Crippen LogP) is 1.66. The summed E-state index contributed by atoms with van der Waals surface area (Å²) in [5.74, 6) is -1.21. The number of hydrogen-bond donors (Lipinski definition) is 2. The number of rotatable bonds is 3. The zero-order chi connectivity index (χ0) is 15.7. The number of carbonyl (C=O) groups is 1. The molecule has 2 N–H and O–H groups in total. The number of aromatic carboxylic acids is 1. The molecule has 1 aromatic carbocycles. The number of pyridine rings is 1. The second-order valence-corrected chi connectivity index (χ2v) is 6.39. The number of ether oxygens (including phenoxy) is 1. The number of benzene rings is 1. The normalized spacial score (nSPS) is 16.0. The Morgan fingerprint density at radius 2 is 2.09 bits per heavy atom. The van der Waals surface area contributed by atoms with Crippen molar-refractivity contribution >= 4 is 39.5 Å². The van der Waals surface area contributed by atoms with Crippen LogP contribution in [0.2, 0.25) is 0 Å². The molecular weight excluding hydrogens is 399 g/mol. The molecule has 0 radical (unpaired) electrons. The van der Waals surface area contributed by atoms with Crippen molar-refractivity contribution in [3.63, 3.8) is 0 Å². The number of morpholine rings is 1. The van der Waals surface area contributed by atoms with Crippen molar-refractivity contribution < 1.29 is 14.6 Å². The number of carboxylic acids is 1. The molecule has 1 aliphatic heterocycles. The lowest BCUT2D eigenvalue weighted by Gasteiger charge is -2.26. The van der Waals surface area contributed by atoms with Gasteiger partial charge in [0.1, 0.15) is 5.56 Å². The predicted molar refractivity (Wildman–Crippen MR) is 90.3 cm³/mol. The molecule has 2 aromatic rings. The van der Waals surface area contributed by atoms with Crippen LogP contribution in [-0.4, -0.2) is 47.3 Å². The Balaban J connectivity index is 2.03. The molecule has 0 aliphatic carbocycles. The fourth-order valence-electron chi connectivity index (χ4n) is 2.61. The Morgan fingerprint density at radius 1 is 1.36 bits per heavy atom. The highest BCUT2D eigenvalue weighted by Crippen LogP contribution is 2.20. The molecule has 0 atom stereocenters. The number of hydrogen-bond acceptors (Lipinski definition) is 4. The van der Waals surface area contributed by atoms with Gasteiger partial charge in [-0.25, -0.2) is 4.79 Å². The van der Waals surface area contributed by atoms with Crippen LogP contribution in [0.5, 0.6) is 0 Å². The maximum absolute atomic E-state index is 12.3. The molecule has 116 valence electrons. The molecule has 0 spiro atoms. The lowest BCUT2D eigenvalue weighted by molar-refractivity contribution is 0.0342. The number of fused-ring (bicyclic) bond motifs is 1. The summed E-state index contributed by atoms with van der Waals surface area (Å²) < 4.78 is 6.24. The van der Waals surface area contributed by atoms with E-state index in [1.807, 2.05) is 6.07 Å². The molecule has 1 saturated heterocycles. The largest absolute Gasteiger partial charge is 0.477 e. The van der Waals surface area contributed by atoms with E-state index >= 15 is 0 Å². The number of nitrogens with one attached hydrogen (secondary N) is 1. The van der Waals surface area contributed by atoms with Gasteiger partial charge in [-0.3, -0.25) is 9.69 Å². The van der Waals surface area contributed by atoms with Gasteiger partial charge in [-0.2, -0.15) is 0 Å². The van der Waals surface area contributed by atoms with E-state index in [0.29, 0.717) is 24.1 Å². The fourth-order valence-corrected chi connectivity index (χ4v) is 3.46. The van der Waals surface area contributed by atoms with E-state index in [0.717, 1.165) is 28.8 Å². The Bertz CT molecular complexity index is 781. The van der Waals surface area contributed by atoms with E-state index < -0.39 is 11.4 Å². The zero-order valence-corrected chi connectivity index (χ0v) is 13.9. The maximum atomic E-state index is 12.3. The summed E-state index contributed by atoms with van der Waals surface area (Å²) in [6.45, 7) is 3.88. The van der Waals surface area contributed by atoms with Gasteiger partial charge in [0.05, 0.1) is 18.7 Å². The van der Waals surface area contributed by atoms with Crippen LogP contribution in [0.25, 0.3) is 10.9 Å². The second-order valence-electron chi connectivity index (χ2n) is 5.23. The quantitative estimate of drug-likeness (QED) is 0.747. The van der Waals surface area contributed by atoms with Gasteiger partial charge in [-0.15, -0.1) is 0 Å². The molecular formula is C15H15IN2O4. The van der Waals surface area contributed by atoms with Gasteiger partial charge in [-0.1, -0.05) is 0 Å². The van der Waals surface area contributed by atoms with Gasteiger partial charge >= 0.3 is 5.97 Å². The topological polar surface area (TPSA) is 82.6 Å². The lowest BCUT2D eigenvalue weighted by Crippen LogP contribution is -2.35. The molecule has 3 rings (SSSR count). The van der Waals surface area contributed by atoms with Crippen LogP contribution in [0.3, 0.4) is 0 Å². The van der Waals surface area contributed by atoms with Crippen molar-refractivity contribution in [2.45, 2.75) is 6.54 Å². The van der Waals surface area contributed by atoms with Crippen LogP contribution in [-0.2, 0) is 11.3 Å². The third-order valence-electron chi connectivity index (χ3n) is 3.74. The van der Waals surface area contributed by atoms with Crippen molar-refractivity contribution in [2.24, 2.45) is 0 Å². The van der Waals surface area contributed by atoms with Gasteiger partial charge in [0.2, 0.25) is 5.43 Å². The van der Waals surface area contributed by atoms with Crippen LogP contribution in [0, 0.1) is 3.57 Å². The number of halogens is 1. The summed E-state index contributed by atoms with van der Waals surface area (Å²) in [5, 5.41) is 9.51. The van der Waals surface area contributed by atoms with E-state index in [-0.39, 0.29) is 5.56 Å². The molecule has 1 fully saturated rings. The molecule has 1 aromatic heterocycles. The van der Waals surface area contributed by atoms with Crippen LogP contribution in [0.4, 0.5) is 0 Å². The Morgan fingerprint density at radius 3 is 2.77 bits per heavy atom. The summed E-state index contributed by atoms with van der Waals surface area (Å²) in [7, 11) is 0.